The van der Waals surface area contributed by atoms with Crippen molar-refractivity contribution in [2.45, 2.75) is 25.9 Å². The number of carboxylic acids is 1. The lowest BCUT2D eigenvalue weighted by atomic mass is 10.3. The Morgan fingerprint density at radius 2 is 1.88 bits per heavy atom. The van der Waals surface area contributed by atoms with Gasteiger partial charge in [0.25, 0.3) is 0 Å². The lowest BCUT2D eigenvalue weighted by Gasteiger charge is -2.06. The van der Waals surface area contributed by atoms with E-state index in [9.17, 15) is 18.9 Å². The molecule has 0 aliphatic carbocycles. The minimum Gasteiger partial charge on any atom is -0.480 e. The third-order valence-corrected chi connectivity index (χ3v) is 3.08. The Morgan fingerprint density at radius 3 is 2.24 bits per heavy atom. The van der Waals surface area contributed by atoms with Gasteiger partial charge in [0.1, 0.15) is 6.04 Å². The van der Waals surface area contributed by atoms with Gasteiger partial charge >= 0.3 is 19.4 Å². The molecule has 4 N–H and O–H groups in total. The molecule has 0 rings (SSSR count). The number of carbonyl (C=O) groups excluding carboxylic acids is 2. The molecule has 0 bridgehead atoms. The number of rotatable bonds is 7. The van der Waals surface area contributed by atoms with Crippen LogP contribution in [0.4, 0.5) is 0 Å². The highest BCUT2D eigenvalue weighted by Gasteiger charge is 2.38. The van der Waals surface area contributed by atoms with Crippen molar-refractivity contribution in [3.63, 3.8) is 0 Å². The summed E-state index contributed by atoms with van der Waals surface area (Å²) in [5.74, 6) is -1.89. The number of amides is 1. The Labute approximate surface area is 98.2 Å². The molecule has 17 heavy (non-hydrogen) atoms. The maximum atomic E-state index is 11.4. The summed E-state index contributed by atoms with van der Waals surface area (Å²) < 4.78 is 11.4. The molecule has 0 spiro atoms. The predicted octanol–water partition coefficient (Wildman–Crippen LogP) is -1.18. The van der Waals surface area contributed by atoms with Gasteiger partial charge in [-0.25, -0.2) is 4.79 Å². The van der Waals surface area contributed by atoms with E-state index >= 15 is 0 Å². The molecule has 3 atom stereocenters. The van der Waals surface area contributed by atoms with Crippen LogP contribution in [0, 0.1) is 0 Å². The molecule has 0 aromatic carbocycles. The Bertz CT molecular complexity index is 345. The third kappa shape index (κ3) is 5.48. The van der Waals surface area contributed by atoms with Gasteiger partial charge in [0.15, 0.2) is 6.04 Å². The van der Waals surface area contributed by atoms with E-state index in [2.05, 4.69) is 5.32 Å². The number of carbonyl (C=O) groups is 3. The second-order valence-electron chi connectivity index (χ2n) is 3.26. The van der Waals surface area contributed by atoms with Crippen LogP contribution in [0.3, 0.4) is 0 Å². The molecule has 8 nitrogen and oxygen atoms in total. The molecular formula is C8H14N2O6P+. The van der Waals surface area contributed by atoms with Gasteiger partial charge in [-0.2, -0.15) is 0 Å². The van der Waals surface area contributed by atoms with Crippen molar-refractivity contribution in [2.24, 2.45) is 0 Å². The average molecular weight is 265 g/mol. The highest BCUT2D eigenvalue weighted by Crippen LogP contribution is 2.19. The molecule has 96 valence electrons. The van der Waals surface area contributed by atoms with E-state index in [4.69, 9.17) is 10.2 Å². The van der Waals surface area contributed by atoms with E-state index in [-0.39, 0.29) is 0 Å². The van der Waals surface area contributed by atoms with Crippen LogP contribution in [0.2, 0.25) is 0 Å². The van der Waals surface area contributed by atoms with Crippen LogP contribution in [0.5, 0.6) is 0 Å². The van der Waals surface area contributed by atoms with Crippen LogP contribution in [0.15, 0.2) is 0 Å². The van der Waals surface area contributed by atoms with Crippen molar-refractivity contribution >= 4 is 25.4 Å². The van der Waals surface area contributed by atoms with Gasteiger partial charge in [0.05, 0.1) is 6.61 Å². The van der Waals surface area contributed by atoms with E-state index in [1.165, 1.54) is 13.8 Å². The predicted molar refractivity (Wildman–Crippen MR) is 57.5 cm³/mol. The van der Waals surface area contributed by atoms with Gasteiger partial charge in [-0.15, -0.1) is 0 Å². The Hall–Kier alpha value is -1.37. The molecule has 0 saturated carbocycles. The number of nitrogens with one attached hydrogen (secondary N) is 2. The standard InChI is InChI=1S/C8H13N2O6P/c1-4(9-5(2)12)8(15)17(16)10-6(3-11)7(13)14/h4,6,11H,3H2,1-2H3,(H2-,9,10,12,13,14,16)/p+1/t4-,6-/m0/s1. The van der Waals surface area contributed by atoms with Crippen LogP contribution in [-0.2, 0) is 18.9 Å². The van der Waals surface area contributed by atoms with Crippen molar-refractivity contribution in [2.75, 3.05) is 6.61 Å². The minimum absolute atomic E-state index is 0.466. The van der Waals surface area contributed by atoms with Crippen LogP contribution in [0.25, 0.3) is 0 Å². The number of aliphatic carboxylic acids is 1. The summed E-state index contributed by atoms with van der Waals surface area (Å²) in [5, 5.41) is 21.4. The quantitative estimate of drug-likeness (QED) is 0.425. The number of aliphatic hydroxyl groups is 1. The fourth-order valence-corrected chi connectivity index (χ4v) is 1.94. The molecule has 0 saturated heterocycles. The van der Waals surface area contributed by atoms with Gasteiger partial charge in [-0.1, -0.05) is 5.09 Å². The van der Waals surface area contributed by atoms with Gasteiger partial charge in [0.2, 0.25) is 5.91 Å². The summed E-state index contributed by atoms with van der Waals surface area (Å²) in [5.41, 5.74) is -0.838. The first kappa shape index (κ1) is 15.6. The smallest absolute Gasteiger partial charge is 0.480 e. The number of aliphatic hydroxyl groups excluding tert-OH is 1. The fourth-order valence-electron chi connectivity index (χ4n) is 0.922. The Kier molecular flexibility index (Phi) is 6.48. The summed E-state index contributed by atoms with van der Waals surface area (Å²) in [7, 11) is -2.68. The highest BCUT2D eigenvalue weighted by molar-refractivity contribution is 7.62. The summed E-state index contributed by atoms with van der Waals surface area (Å²) in [6, 6.07) is -2.47. The fraction of sp³-hybridized carbons (Fsp3) is 0.625. The zero-order chi connectivity index (χ0) is 13.6. The van der Waals surface area contributed by atoms with Crippen molar-refractivity contribution in [3.8, 4) is 0 Å². The van der Waals surface area contributed by atoms with Crippen LogP contribution in [-0.4, -0.2) is 46.3 Å². The Morgan fingerprint density at radius 1 is 1.35 bits per heavy atom. The molecule has 0 aliphatic heterocycles. The second-order valence-corrected chi connectivity index (χ2v) is 4.55. The van der Waals surface area contributed by atoms with Gasteiger partial charge < -0.3 is 15.5 Å². The first-order valence-corrected chi connectivity index (χ1v) is 5.93. The van der Waals surface area contributed by atoms with Crippen LogP contribution in [0.1, 0.15) is 13.8 Å². The van der Waals surface area contributed by atoms with Crippen LogP contribution < -0.4 is 10.4 Å². The van der Waals surface area contributed by atoms with Gasteiger partial charge in [-0.05, 0) is 11.5 Å². The summed E-state index contributed by atoms with van der Waals surface area (Å²) >= 11 is 0. The van der Waals surface area contributed by atoms with Gasteiger partial charge in [-0.3, -0.25) is 9.59 Å². The molecule has 0 heterocycles. The molecule has 1 unspecified atom stereocenters. The average Bonchev–Trinajstić information content (AvgIpc) is 2.22. The van der Waals surface area contributed by atoms with Crippen molar-refractivity contribution < 1.29 is 29.2 Å². The highest BCUT2D eigenvalue weighted by atomic mass is 31.1. The third-order valence-electron chi connectivity index (χ3n) is 1.74. The van der Waals surface area contributed by atoms with E-state index in [0.29, 0.717) is 0 Å². The molecule has 9 heteroatoms. The Balaban J connectivity index is 4.45. The molecular weight excluding hydrogens is 251 g/mol. The number of carboxylic acid groups (broad SMARTS) is 1. The molecule has 0 radical (unpaired) electrons. The summed E-state index contributed by atoms with van der Waals surface area (Å²) in [4.78, 5) is 32.6. The molecule has 0 aromatic heterocycles. The van der Waals surface area contributed by atoms with E-state index in [1.807, 2.05) is 5.09 Å². The zero-order valence-corrected chi connectivity index (χ0v) is 10.2. The largest absolute Gasteiger partial charge is 0.513 e. The lowest BCUT2D eigenvalue weighted by molar-refractivity contribution is -0.139. The van der Waals surface area contributed by atoms with Crippen molar-refractivity contribution in [3.05, 3.63) is 0 Å². The van der Waals surface area contributed by atoms with E-state index in [1.54, 1.807) is 0 Å². The summed E-state index contributed by atoms with van der Waals surface area (Å²) in [6.45, 7) is 1.73. The molecule has 1 amide bonds. The normalized spacial score (nSPS) is 14.6. The maximum Gasteiger partial charge on any atom is 0.513 e. The minimum atomic E-state index is -2.68. The maximum absolute atomic E-state index is 11.4. The van der Waals surface area contributed by atoms with Crippen molar-refractivity contribution in [1.82, 2.24) is 10.4 Å². The monoisotopic (exact) mass is 265 g/mol. The molecule has 0 aliphatic rings. The van der Waals surface area contributed by atoms with E-state index < -0.39 is 44.0 Å². The topological polar surface area (TPSA) is 133 Å². The molecule has 0 fully saturated rings. The first-order chi connectivity index (χ1) is 7.79. The molecule has 0 aromatic rings. The SMILES string of the molecule is CC(=O)N[C@@H](C)C(=O)[P+](=O)N[C@@H](CO)C(=O)O. The zero-order valence-electron chi connectivity index (χ0n) is 9.34. The van der Waals surface area contributed by atoms with Crippen LogP contribution >= 0.6 is 7.95 Å². The number of hydrogen-bond donors (Lipinski definition) is 4. The lowest BCUT2D eigenvalue weighted by Crippen LogP contribution is -2.40. The second kappa shape index (κ2) is 7.05. The first-order valence-electron chi connectivity index (χ1n) is 4.67. The number of hydrogen-bond acceptors (Lipinski definition) is 5. The van der Waals surface area contributed by atoms with E-state index in [0.717, 1.165) is 0 Å². The van der Waals surface area contributed by atoms with Crippen molar-refractivity contribution in [1.29, 1.82) is 0 Å². The summed E-state index contributed by atoms with van der Waals surface area (Å²) in [6.07, 6.45) is 0. The van der Waals surface area contributed by atoms with Gasteiger partial charge in [0, 0.05) is 6.92 Å².